The summed E-state index contributed by atoms with van der Waals surface area (Å²) in [5, 5.41) is 0.782. The summed E-state index contributed by atoms with van der Waals surface area (Å²) in [6, 6.07) is 12.2. The van der Waals surface area contributed by atoms with Crippen molar-refractivity contribution in [2.24, 2.45) is 0 Å². The predicted molar refractivity (Wildman–Crippen MR) is 115 cm³/mol. The number of hydrogen-bond acceptors (Lipinski definition) is 4. The second-order valence-electron chi connectivity index (χ2n) is 7.34. The minimum Gasteiger partial charge on any atom is -0.479 e. The van der Waals surface area contributed by atoms with Gasteiger partial charge in [0.15, 0.2) is 15.9 Å². The van der Waals surface area contributed by atoms with Gasteiger partial charge >= 0.3 is 0 Å². The summed E-state index contributed by atoms with van der Waals surface area (Å²) in [6.45, 7) is 3.95. The Morgan fingerprint density at radius 2 is 1.90 bits per heavy atom. The van der Waals surface area contributed by atoms with Gasteiger partial charge in [-0.3, -0.25) is 4.79 Å². The van der Waals surface area contributed by atoms with E-state index in [0.29, 0.717) is 28.8 Å². The second kappa shape index (κ2) is 8.94. The topological polar surface area (TPSA) is 63.7 Å². The van der Waals surface area contributed by atoms with Gasteiger partial charge in [0.1, 0.15) is 5.75 Å². The molecule has 1 aliphatic rings. The normalized spacial score (nSPS) is 19.0. The first kappa shape index (κ1) is 21.9. The Morgan fingerprint density at radius 3 is 2.48 bits per heavy atom. The first-order chi connectivity index (χ1) is 13.6. The van der Waals surface area contributed by atoms with Crippen molar-refractivity contribution in [1.29, 1.82) is 0 Å². The van der Waals surface area contributed by atoms with Crippen molar-refractivity contribution >= 4 is 38.9 Å². The molecule has 0 aromatic heterocycles. The first-order valence-corrected chi connectivity index (χ1v) is 11.9. The summed E-state index contributed by atoms with van der Waals surface area (Å²) >= 11 is 12.1. The van der Waals surface area contributed by atoms with Crippen LogP contribution in [-0.2, 0) is 21.2 Å². The average molecular weight is 456 g/mol. The molecule has 0 aliphatic carbocycles. The Morgan fingerprint density at radius 1 is 1.21 bits per heavy atom. The van der Waals surface area contributed by atoms with Gasteiger partial charge in [-0.05, 0) is 44.0 Å². The number of rotatable bonds is 6. The molecule has 1 heterocycles. The summed E-state index contributed by atoms with van der Waals surface area (Å²) in [5.41, 5.74) is 2.05. The number of carbonyl (C=O) groups is 1. The van der Waals surface area contributed by atoms with Crippen LogP contribution in [0.1, 0.15) is 24.5 Å². The SMILES string of the molecule is Cc1ccc(CN(C(=O)C(C)Oc2ccc(Cl)cc2Cl)C2CCS(=O)(=O)C2)cc1. The molecule has 0 spiro atoms. The van der Waals surface area contributed by atoms with Crippen molar-refractivity contribution < 1.29 is 17.9 Å². The predicted octanol–water partition coefficient (Wildman–Crippen LogP) is 4.29. The number of amides is 1. The number of nitrogens with zero attached hydrogens (tertiary/aromatic N) is 1. The van der Waals surface area contributed by atoms with Gasteiger partial charge in [-0.15, -0.1) is 0 Å². The van der Waals surface area contributed by atoms with E-state index in [-0.39, 0.29) is 23.5 Å². The minimum atomic E-state index is -3.14. The highest BCUT2D eigenvalue weighted by atomic mass is 35.5. The van der Waals surface area contributed by atoms with Crippen LogP contribution in [0, 0.1) is 6.92 Å². The minimum absolute atomic E-state index is 0.0287. The van der Waals surface area contributed by atoms with Gasteiger partial charge < -0.3 is 9.64 Å². The third-order valence-corrected chi connectivity index (χ3v) is 7.23. The lowest BCUT2D eigenvalue weighted by molar-refractivity contribution is -0.140. The Hall–Kier alpha value is -1.76. The molecule has 29 heavy (non-hydrogen) atoms. The summed E-state index contributed by atoms with van der Waals surface area (Å²) in [6.07, 6.45) is -0.406. The number of aryl methyl sites for hydroxylation is 1. The van der Waals surface area contributed by atoms with E-state index < -0.39 is 15.9 Å². The van der Waals surface area contributed by atoms with Crippen molar-refractivity contribution in [2.75, 3.05) is 11.5 Å². The van der Waals surface area contributed by atoms with Crippen LogP contribution in [-0.4, -0.2) is 42.9 Å². The van der Waals surface area contributed by atoms with Crippen LogP contribution in [0.4, 0.5) is 0 Å². The molecule has 1 fully saturated rings. The summed E-state index contributed by atoms with van der Waals surface area (Å²) in [7, 11) is -3.14. The molecule has 0 saturated carbocycles. The Kier molecular flexibility index (Phi) is 6.76. The molecule has 2 unspecified atom stereocenters. The number of benzene rings is 2. The highest BCUT2D eigenvalue weighted by Crippen LogP contribution is 2.29. The quantitative estimate of drug-likeness (QED) is 0.651. The number of ether oxygens (including phenoxy) is 1. The van der Waals surface area contributed by atoms with Gasteiger partial charge in [0.05, 0.1) is 16.5 Å². The van der Waals surface area contributed by atoms with Gasteiger partial charge in [0, 0.05) is 17.6 Å². The molecule has 5 nitrogen and oxygen atoms in total. The van der Waals surface area contributed by atoms with E-state index in [1.165, 1.54) is 0 Å². The zero-order valence-electron chi connectivity index (χ0n) is 16.3. The van der Waals surface area contributed by atoms with E-state index in [2.05, 4.69) is 0 Å². The van der Waals surface area contributed by atoms with Crippen LogP contribution in [0.5, 0.6) is 5.75 Å². The molecule has 1 aliphatic heterocycles. The van der Waals surface area contributed by atoms with Crippen molar-refractivity contribution in [1.82, 2.24) is 4.90 Å². The second-order valence-corrected chi connectivity index (χ2v) is 10.4. The number of halogens is 2. The lowest BCUT2D eigenvalue weighted by Gasteiger charge is -2.31. The van der Waals surface area contributed by atoms with Crippen LogP contribution in [0.3, 0.4) is 0 Å². The Bertz CT molecular complexity index is 992. The Labute approximate surface area is 181 Å². The molecular formula is C21H23Cl2NO4S. The van der Waals surface area contributed by atoms with Gasteiger partial charge in [-0.2, -0.15) is 0 Å². The van der Waals surface area contributed by atoms with Gasteiger partial charge in [0.2, 0.25) is 0 Å². The molecule has 0 bridgehead atoms. The average Bonchev–Trinajstić information content (AvgIpc) is 3.02. The van der Waals surface area contributed by atoms with Crippen LogP contribution >= 0.6 is 23.2 Å². The molecule has 0 N–H and O–H groups in total. The van der Waals surface area contributed by atoms with Crippen LogP contribution in [0.25, 0.3) is 0 Å². The molecule has 156 valence electrons. The summed E-state index contributed by atoms with van der Waals surface area (Å²) in [4.78, 5) is 14.8. The Balaban J connectivity index is 1.81. The summed E-state index contributed by atoms with van der Waals surface area (Å²) < 4.78 is 29.8. The monoisotopic (exact) mass is 455 g/mol. The van der Waals surface area contributed by atoms with Crippen molar-refractivity contribution in [2.45, 2.75) is 39.0 Å². The van der Waals surface area contributed by atoms with E-state index in [1.54, 1.807) is 30.0 Å². The van der Waals surface area contributed by atoms with E-state index in [4.69, 9.17) is 27.9 Å². The molecule has 2 aromatic rings. The van der Waals surface area contributed by atoms with E-state index in [1.807, 2.05) is 31.2 Å². The van der Waals surface area contributed by atoms with Gasteiger partial charge in [0.25, 0.3) is 5.91 Å². The molecule has 1 saturated heterocycles. The number of hydrogen-bond donors (Lipinski definition) is 0. The van der Waals surface area contributed by atoms with Crippen LogP contribution in [0.2, 0.25) is 10.0 Å². The van der Waals surface area contributed by atoms with Gasteiger partial charge in [-0.1, -0.05) is 53.0 Å². The third-order valence-electron chi connectivity index (χ3n) is 4.95. The van der Waals surface area contributed by atoms with Crippen LogP contribution < -0.4 is 4.74 Å². The first-order valence-electron chi connectivity index (χ1n) is 9.33. The third kappa shape index (κ3) is 5.65. The molecule has 0 radical (unpaired) electrons. The van der Waals surface area contributed by atoms with E-state index in [9.17, 15) is 13.2 Å². The fraction of sp³-hybridized carbons (Fsp3) is 0.381. The maximum Gasteiger partial charge on any atom is 0.263 e. The number of sulfone groups is 1. The number of carbonyl (C=O) groups excluding carboxylic acids is 1. The molecule has 2 atom stereocenters. The zero-order chi connectivity index (χ0) is 21.2. The van der Waals surface area contributed by atoms with E-state index >= 15 is 0 Å². The lowest BCUT2D eigenvalue weighted by atomic mass is 10.1. The zero-order valence-corrected chi connectivity index (χ0v) is 18.6. The molecule has 2 aromatic carbocycles. The standard InChI is InChI=1S/C21H23Cl2NO4S/c1-14-3-5-16(6-4-14)12-24(18-9-10-29(26,27)13-18)21(25)15(2)28-20-8-7-17(22)11-19(20)23/h3-8,11,15,18H,9-10,12-13H2,1-2H3. The maximum atomic E-state index is 13.2. The molecular weight excluding hydrogens is 433 g/mol. The highest BCUT2D eigenvalue weighted by molar-refractivity contribution is 7.91. The van der Waals surface area contributed by atoms with Crippen LogP contribution in [0.15, 0.2) is 42.5 Å². The molecule has 1 amide bonds. The lowest BCUT2D eigenvalue weighted by Crippen LogP contribution is -2.46. The fourth-order valence-corrected chi connectivity index (χ4v) is 5.53. The van der Waals surface area contributed by atoms with E-state index in [0.717, 1.165) is 11.1 Å². The van der Waals surface area contributed by atoms with Crippen molar-refractivity contribution in [3.8, 4) is 5.75 Å². The smallest absolute Gasteiger partial charge is 0.263 e. The summed E-state index contributed by atoms with van der Waals surface area (Å²) in [5.74, 6) is 0.136. The highest BCUT2D eigenvalue weighted by Gasteiger charge is 2.36. The van der Waals surface area contributed by atoms with Gasteiger partial charge in [-0.25, -0.2) is 8.42 Å². The molecule has 3 rings (SSSR count). The maximum absolute atomic E-state index is 13.2. The van der Waals surface area contributed by atoms with Crippen molar-refractivity contribution in [3.63, 3.8) is 0 Å². The van der Waals surface area contributed by atoms with Crippen molar-refractivity contribution in [3.05, 3.63) is 63.6 Å². The fourth-order valence-electron chi connectivity index (χ4n) is 3.34. The molecule has 8 heteroatoms. The largest absolute Gasteiger partial charge is 0.479 e.